The number of hydrogen-bond acceptors (Lipinski definition) is 7. The molecule has 1 fully saturated rings. The summed E-state index contributed by atoms with van der Waals surface area (Å²) in [6.45, 7) is 0.312. The van der Waals surface area contributed by atoms with Gasteiger partial charge in [-0.25, -0.2) is 4.79 Å². The van der Waals surface area contributed by atoms with Crippen LogP contribution in [0.2, 0.25) is 0 Å². The lowest BCUT2D eigenvalue weighted by Gasteiger charge is -2.29. The molecule has 3 rings (SSSR count). The Labute approximate surface area is 198 Å². The lowest BCUT2D eigenvalue weighted by Crippen LogP contribution is -2.55. The minimum Gasteiger partial charge on any atom is -0.508 e. The number of nitrogens with one attached hydrogen (secondary N) is 1. The molecular formula is C25H31N3O6. The van der Waals surface area contributed by atoms with E-state index in [0.717, 1.165) is 11.1 Å². The van der Waals surface area contributed by atoms with Crippen molar-refractivity contribution in [2.45, 2.75) is 49.9 Å². The zero-order chi connectivity index (χ0) is 24.7. The Morgan fingerprint density at radius 1 is 1.09 bits per heavy atom. The maximum atomic E-state index is 13.1. The Hall–Kier alpha value is -3.43. The number of esters is 1. The Balaban J connectivity index is 1.65. The molecule has 0 spiro atoms. The van der Waals surface area contributed by atoms with Crippen molar-refractivity contribution in [2.24, 2.45) is 5.73 Å². The summed E-state index contributed by atoms with van der Waals surface area (Å²) in [5.74, 6) is -1.63. The molecule has 1 aliphatic rings. The molecule has 0 bridgehead atoms. The van der Waals surface area contributed by atoms with Crippen molar-refractivity contribution in [3.05, 3.63) is 65.7 Å². The van der Waals surface area contributed by atoms with E-state index in [-0.39, 0.29) is 12.2 Å². The quantitative estimate of drug-likeness (QED) is 0.392. The number of nitrogens with two attached hydrogens (primary N) is 1. The Kier molecular flexibility index (Phi) is 8.61. The van der Waals surface area contributed by atoms with Crippen LogP contribution in [0.4, 0.5) is 0 Å². The van der Waals surface area contributed by atoms with Crippen LogP contribution in [-0.2, 0) is 32.0 Å². The topological polar surface area (TPSA) is 142 Å². The predicted molar refractivity (Wildman–Crippen MR) is 125 cm³/mol. The van der Waals surface area contributed by atoms with Gasteiger partial charge in [-0.2, -0.15) is 0 Å². The number of likely N-dealkylation sites (tertiary alicyclic amines) is 1. The molecule has 34 heavy (non-hydrogen) atoms. The van der Waals surface area contributed by atoms with Crippen LogP contribution in [0.15, 0.2) is 54.6 Å². The van der Waals surface area contributed by atoms with Crippen LogP contribution < -0.4 is 11.1 Å². The van der Waals surface area contributed by atoms with Crippen LogP contribution in [0, 0.1) is 0 Å². The van der Waals surface area contributed by atoms with Gasteiger partial charge in [-0.1, -0.05) is 42.5 Å². The molecule has 0 aliphatic carbocycles. The number of phenols is 1. The van der Waals surface area contributed by atoms with E-state index in [1.165, 1.54) is 24.1 Å². The summed E-state index contributed by atoms with van der Waals surface area (Å²) >= 11 is 0. The van der Waals surface area contributed by atoms with Gasteiger partial charge in [-0.05, 0) is 42.5 Å². The van der Waals surface area contributed by atoms with Gasteiger partial charge in [0.2, 0.25) is 5.91 Å². The first-order valence-electron chi connectivity index (χ1n) is 11.2. The number of aliphatic hydroxyl groups is 1. The Morgan fingerprint density at radius 3 is 2.38 bits per heavy atom. The second-order valence-corrected chi connectivity index (χ2v) is 8.44. The van der Waals surface area contributed by atoms with Crippen molar-refractivity contribution in [3.63, 3.8) is 0 Å². The number of benzene rings is 2. The van der Waals surface area contributed by atoms with Crippen LogP contribution in [0.25, 0.3) is 0 Å². The highest BCUT2D eigenvalue weighted by molar-refractivity contribution is 5.92. The monoisotopic (exact) mass is 469 g/mol. The minimum atomic E-state index is -1.46. The second-order valence-electron chi connectivity index (χ2n) is 8.44. The third kappa shape index (κ3) is 6.33. The zero-order valence-electron chi connectivity index (χ0n) is 19.1. The molecular weight excluding hydrogens is 438 g/mol. The summed E-state index contributed by atoms with van der Waals surface area (Å²) in [7, 11) is 1.23. The van der Waals surface area contributed by atoms with E-state index in [9.17, 15) is 24.6 Å². The van der Waals surface area contributed by atoms with Gasteiger partial charge in [0.25, 0.3) is 5.91 Å². The molecule has 5 N–H and O–H groups in total. The SMILES string of the molecule is COC(=O)[C@@H](Cc1ccc(O)cc1)NC(=O)[C@@H]1CCCN1C(=O)[C@@H](O)[C@H](N)Cc1ccccc1. The zero-order valence-corrected chi connectivity index (χ0v) is 19.1. The fraction of sp³-hybridized carbons (Fsp3) is 0.400. The lowest BCUT2D eigenvalue weighted by molar-refractivity contribution is -0.148. The number of nitrogens with zero attached hydrogens (tertiary/aromatic N) is 1. The number of aliphatic hydroxyl groups excluding tert-OH is 1. The van der Waals surface area contributed by atoms with Crippen LogP contribution in [0.5, 0.6) is 5.75 Å². The number of aromatic hydroxyl groups is 1. The molecule has 2 aromatic rings. The highest BCUT2D eigenvalue weighted by Gasteiger charge is 2.39. The van der Waals surface area contributed by atoms with E-state index in [0.29, 0.717) is 25.8 Å². The second kappa shape index (κ2) is 11.6. The largest absolute Gasteiger partial charge is 0.508 e. The van der Waals surface area contributed by atoms with Gasteiger partial charge in [0.15, 0.2) is 0 Å². The number of phenolic OH excluding ortho intramolecular Hbond substituents is 1. The van der Waals surface area contributed by atoms with E-state index in [2.05, 4.69) is 5.32 Å². The number of carbonyl (C=O) groups is 3. The van der Waals surface area contributed by atoms with Crippen molar-refractivity contribution < 1.29 is 29.3 Å². The van der Waals surface area contributed by atoms with E-state index in [4.69, 9.17) is 10.5 Å². The molecule has 182 valence electrons. The van der Waals surface area contributed by atoms with E-state index >= 15 is 0 Å². The standard InChI is InChI=1S/C25H31N3O6/c1-34-25(33)20(15-17-9-11-18(29)12-10-17)27-23(31)21-8-5-13-28(21)24(32)22(30)19(26)14-16-6-3-2-4-7-16/h2-4,6-7,9-12,19-22,29-30H,5,8,13-15,26H2,1H3,(H,27,31)/t19-,20-,21+,22+/m1/s1. The number of hydrogen-bond donors (Lipinski definition) is 4. The number of methoxy groups -OCH3 is 1. The number of amides is 2. The Bertz CT molecular complexity index is 982. The molecule has 0 unspecified atom stereocenters. The third-order valence-electron chi connectivity index (χ3n) is 5.99. The van der Waals surface area contributed by atoms with Gasteiger partial charge in [-0.3, -0.25) is 9.59 Å². The first-order valence-corrected chi connectivity index (χ1v) is 11.2. The molecule has 0 radical (unpaired) electrons. The molecule has 9 nitrogen and oxygen atoms in total. The van der Waals surface area contributed by atoms with Crippen molar-refractivity contribution >= 4 is 17.8 Å². The predicted octanol–water partition coefficient (Wildman–Crippen LogP) is 0.514. The molecule has 1 heterocycles. The van der Waals surface area contributed by atoms with Crippen molar-refractivity contribution in [2.75, 3.05) is 13.7 Å². The van der Waals surface area contributed by atoms with Gasteiger partial charge in [-0.15, -0.1) is 0 Å². The summed E-state index contributed by atoms with van der Waals surface area (Å²) in [6, 6.07) is 13.0. The fourth-order valence-electron chi connectivity index (χ4n) is 4.13. The van der Waals surface area contributed by atoms with Crippen molar-refractivity contribution in [1.29, 1.82) is 0 Å². The number of ether oxygens (including phenoxy) is 1. The fourth-order valence-corrected chi connectivity index (χ4v) is 4.13. The summed E-state index contributed by atoms with van der Waals surface area (Å²) in [6.07, 6.45) is 0.0118. The van der Waals surface area contributed by atoms with Gasteiger partial charge in [0, 0.05) is 19.0 Å². The molecule has 2 amide bonds. The summed E-state index contributed by atoms with van der Waals surface area (Å²) in [5, 5.41) is 22.7. The van der Waals surface area contributed by atoms with E-state index in [1.807, 2.05) is 30.3 Å². The molecule has 4 atom stereocenters. The smallest absolute Gasteiger partial charge is 0.328 e. The minimum absolute atomic E-state index is 0.0894. The maximum Gasteiger partial charge on any atom is 0.328 e. The van der Waals surface area contributed by atoms with Gasteiger partial charge in [0.1, 0.15) is 23.9 Å². The highest BCUT2D eigenvalue weighted by atomic mass is 16.5. The van der Waals surface area contributed by atoms with Crippen molar-refractivity contribution in [1.82, 2.24) is 10.2 Å². The Morgan fingerprint density at radius 2 is 1.74 bits per heavy atom. The van der Waals surface area contributed by atoms with Crippen LogP contribution in [0.3, 0.4) is 0 Å². The molecule has 9 heteroatoms. The van der Waals surface area contributed by atoms with Crippen molar-refractivity contribution in [3.8, 4) is 5.75 Å². The van der Waals surface area contributed by atoms with Gasteiger partial charge < -0.3 is 30.9 Å². The van der Waals surface area contributed by atoms with Crippen LogP contribution in [0.1, 0.15) is 24.0 Å². The summed E-state index contributed by atoms with van der Waals surface area (Å²) in [5.41, 5.74) is 7.71. The molecule has 0 aromatic heterocycles. The van der Waals surface area contributed by atoms with Gasteiger partial charge in [0.05, 0.1) is 7.11 Å². The molecule has 1 aliphatic heterocycles. The first-order chi connectivity index (χ1) is 16.3. The normalized spacial score (nSPS) is 18.1. The van der Waals surface area contributed by atoms with E-state index < -0.39 is 42.0 Å². The summed E-state index contributed by atoms with van der Waals surface area (Å²) in [4.78, 5) is 39.7. The average Bonchev–Trinajstić information content (AvgIpc) is 3.34. The number of rotatable bonds is 9. The third-order valence-corrected chi connectivity index (χ3v) is 5.99. The van der Waals surface area contributed by atoms with Crippen LogP contribution >= 0.6 is 0 Å². The molecule has 2 aromatic carbocycles. The van der Waals surface area contributed by atoms with Crippen LogP contribution in [-0.4, -0.2) is 70.8 Å². The number of carbonyl (C=O) groups excluding carboxylic acids is 3. The maximum absolute atomic E-state index is 13.1. The molecule has 0 saturated carbocycles. The van der Waals surface area contributed by atoms with Gasteiger partial charge >= 0.3 is 5.97 Å². The first kappa shape index (κ1) is 25.2. The molecule has 1 saturated heterocycles. The van der Waals surface area contributed by atoms with E-state index in [1.54, 1.807) is 12.1 Å². The summed E-state index contributed by atoms with van der Waals surface area (Å²) < 4.78 is 4.83. The lowest BCUT2D eigenvalue weighted by atomic mass is 10.0. The average molecular weight is 470 g/mol. The highest BCUT2D eigenvalue weighted by Crippen LogP contribution is 2.20.